The predicted octanol–water partition coefficient (Wildman–Crippen LogP) is 5.37. The van der Waals surface area contributed by atoms with Gasteiger partial charge in [0.2, 0.25) is 5.89 Å². The first-order valence-electron chi connectivity index (χ1n) is 10.7. The Bertz CT molecular complexity index is 1010. The van der Waals surface area contributed by atoms with Gasteiger partial charge < -0.3 is 9.15 Å². The molecule has 0 N–H and O–H groups in total. The van der Waals surface area contributed by atoms with Crippen LogP contribution in [-0.4, -0.2) is 25.4 Å². The van der Waals surface area contributed by atoms with Gasteiger partial charge in [0.25, 0.3) is 11.6 Å². The molecule has 3 atom stereocenters. The Morgan fingerprint density at radius 3 is 2.55 bits per heavy atom. The SMILES string of the molecule is CC(OC(=O)CC12CC3CC(CC(Br)(C3)C1)C2)c1nnc(-c2ccc([N+](=O)[O-])cc2)o1. The molecule has 31 heavy (non-hydrogen) atoms. The molecule has 4 fully saturated rings. The highest BCUT2D eigenvalue weighted by Crippen LogP contribution is 2.65. The number of non-ortho nitro benzene ring substituents is 1. The quantitative estimate of drug-likeness (QED) is 0.232. The van der Waals surface area contributed by atoms with Crippen molar-refractivity contribution in [3.63, 3.8) is 0 Å². The Hall–Kier alpha value is -2.29. The fourth-order valence-corrected chi connectivity index (χ4v) is 7.89. The number of nitrogens with zero attached hydrogens (tertiary/aromatic N) is 3. The zero-order valence-corrected chi connectivity index (χ0v) is 18.8. The van der Waals surface area contributed by atoms with E-state index >= 15 is 0 Å². The number of carbonyl (C=O) groups is 1. The molecular formula is C22H24BrN3O5. The topological polar surface area (TPSA) is 108 Å². The summed E-state index contributed by atoms with van der Waals surface area (Å²) in [5.41, 5.74) is 0.600. The fourth-order valence-electron chi connectivity index (χ4n) is 6.38. The lowest BCUT2D eigenvalue weighted by Gasteiger charge is -2.60. The third kappa shape index (κ3) is 4.00. The molecule has 9 heteroatoms. The summed E-state index contributed by atoms with van der Waals surface area (Å²) in [7, 11) is 0. The number of alkyl halides is 1. The number of hydrogen-bond acceptors (Lipinski definition) is 7. The Balaban J connectivity index is 1.23. The van der Waals surface area contributed by atoms with Crippen LogP contribution in [-0.2, 0) is 9.53 Å². The van der Waals surface area contributed by atoms with Crippen molar-refractivity contribution in [2.24, 2.45) is 17.3 Å². The van der Waals surface area contributed by atoms with E-state index in [2.05, 4.69) is 26.1 Å². The summed E-state index contributed by atoms with van der Waals surface area (Å²) in [6.45, 7) is 1.72. The van der Waals surface area contributed by atoms with Crippen LogP contribution in [0.1, 0.15) is 63.9 Å². The molecule has 4 saturated carbocycles. The van der Waals surface area contributed by atoms with Gasteiger partial charge >= 0.3 is 5.97 Å². The molecule has 1 aromatic heterocycles. The second-order valence-corrected chi connectivity index (χ2v) is 11.4. The zero-order valence-electron chi connectivity index (χ0n) is 17.3. The van der Waals surface area contributed by atoms with Gasteiger partial charge in [0.1, 0.15) is 0 Å². The average Bonchev–Trinajstić information content (AvgIpc) is 3.16. The van der Waals surface area contributed by atoms with E-state index in [-0.39, 0.29) is 33.2 Å². The highest BCUT2D eigenvalue weighted by molar-refractivity contribution is 9.10. The van der Waals surface area contributed by atoms with E-state index < -0.39 is 11.0 Å². The lowest BCUT2D eigenvalue weighted by Crippen LogP contribution is -2.53. The van der Waals surface area contributed by atoms with Gasteiger partial charge in [-0.05, 0) is 74.8 Å². The predicted molar refractivity (Wildman–Crippen MR) is 114 cm³/mol. The summed E-state index contributed by atoms with van der Waals surface area (Å²) in [5.74, 6) is 1.65. The molecule has 2 aromatic rings. The highest BCUT2D eigenvalue weighted by Gasteiger charge is 2.57. The molecule has 0 radical (unpaired) electrons. The molecule has 1 heterocycles. The number of carbonyl (C=O) groups excluding carboxylic acids is 1. The number of nitro benzene ring substituents is 1. The molecule has 3 unspecified atom stereocenters. The van der Waals surface area contributed by atoms with E-state index in [1.807, 2.05) is 0 Å². The third-order valence-corrected chi connectivity index (χ3v) is 7.98. The van der Waals surface area contributed by atoms with Crippen molar-refractivity contribution in [3.05, 3.63) is 40.3 Å². The summed E-state index contributed by atoms with van der Waals surface area (Å²) in [5, 5.41) is 18.8. The summed E-state index contributed by atoms with van der Waals surface area (Å²) >= 11 is 3.98. The molecule has 0 spiro atoms. The summed E-state index contributed by atoms with van der Waals surface area (Å²) in [6, 6.07) is 5.86. The van der Waals surface area contributed by atoms with Crippen molar-refractivity contribution < 1.29 is 18.9 Å². The number of esters is 1. The average molecular weight is 490 g/mol. The maximum atomic E-state index is 12.8. The first-order valence-corrected chi connectivity index (χ1v) is 11.5. The van der Waals surface area contributed by atoms with Crippen LogP contribution in [0, 0.1) is 27.4 Å². The number of benzene rings is 1. The minimum absolute atomic E-state index is 0.0132. The van der Waals surface area contributed by atoms with E-state index in [0.29, 0.717) is 23.8 Å². The normalized spacial score (nSPS) is 32.1. The summed E-state index contributed by atoms with van der Waals surface area (Å²) < 4.78 is 11.5. The van der Waals surface area contributed by atoms with Crippen LogP contribution in [0.2, 0.25) is 0 Å². The molecule has 6 rings (SSSR count). The van der Waals surface area contributed by atoms with Gasteiger partial charge in [-0.3, -0.25) is 14.9 Å². The van der Waals surface area contributed by atoms with Crippen LogP contribution < -0.4 is 0 Å². The van der Waals surface area contributed by atoms with Crippen LogP contribution >= 0.6 is 15.9 Å². The number of halogens is 1. The smallest absolute Gasteiger partial charge is 0.307 e. The van der Waals surface area contributed by atoms with E-state index in [1.165, 1.54) is 31.4 Å². The number of aromatic nitrogens is 2. The number of rotatable bonds is 6. The molecule has 0 saturated heterocycles. The van der Waals surface area contributed by atoms with Crippen LogP contribution in [0.15, 0.2) is 28.7 Å². The Labute approximate surface area is 188 Å². The van der Waals surface area contributed by atoms with Crippen LogP contribution in [0.25, 0.3) is 11.5 Å². The molecule has 1 aromatic carbocycles. The maximum Gasteiger partial charge on any atom is 0.307 e. The monoisotopic (exact) mass is 489 g/mol. The minimum atomic E-state index is -0.654. The first-order chi connectivity index (χ1) is 14.7. The molecule has 4 aliphatic rings. The first kappa shape index (κ1) is 20.6. The van der Waals surface area contributed by atoms with Gasteiger partial charge in [-0.15, -0.1) is 10.2 Å². The van der Waals surface area contributed by atoms with Crippen LogP contribution in [0.3, 0.4) is 0 Å². The number of hydrogen-bond donors (Lipinski definition) is 0. The van der Waals surface area contributed by atoms with E-state index in [4.69, 9.17) is 9.15 Å². The van der Waals surface area contributed by atoms with Gasteiger partial charge in [-0.2, -0.15) is 0 Å². The Kier molecular flexibility index (Phi) is 4.91. The molecular weight excluding hydrogens is 466 g/mol. The fraction of sp³-hybridized carbons (Fsp3) is 0.591. The van der Waals surface area contributed by atoms with E-state index in [9.17, 15) is 14.9 Å². The van der Waals surface area contributed by atoms with E-state index in [0.717, 1.165) is 19.3 Å². The van der Waals surface area contributed by atoms with Gasteiger partial charge in [0, 0.05) is 22.0 Å². The lowest BCUT2D eigenvalue weighted by molar-refractivity contribution is -0.384. The van der Waals surface area contributed by atoms with Crippen LogP contribution in [0.4, 0.5) is 5.69 Å². The van der Waals surface area contributed by atoms with Crippen molar-refractivity contribution in [1.29, 1.82) is 0 Å². The van der Waals surface area contributed by atoms with Crippen LogP contribution in [0.5, 0.6) is 0 Å². The number of ether oxygens (including phenoxy) is 1. The third-order valence-electron chi connectivity index (χ3n) is 7.05. The molecule has 164 valence electrons. The van der Waals surface area contributed by atoms with E-state index in [1.54, 1.807) is 19.1 Å². The molecule has 4 aliphatic carbocycles. The standard InChI is InChI=1S/C22H24BrN3O5/c1-13(19-24-25-20(31-19)16-2-4-17(5-3-16)26(28)29)30-18(27)11-21-7-14-6-15(8-21)10-22(23,9-14)12-21/h2-5,13-15H,6-12H2,1H3. The Morgan fingerprint density at radius 2 is 1.94 bits per heavy atom. The van der Waals surface area contributed by atoms with Crippen molar-refractivity contribution >= 4 is 27.6 Å². The zero-order chi connectivity index (χ0) is 21.8. The lowest BCUT2D eigenvalue weighted by atomic mass is 9.49. The molecule has 0 amide bonds. The number of nitro groups is 1. The molecule has 4 bridgehead atoms. The summed E-state index contributed by atoms with van der Waals surface area (Å²) in [4.78, 5) is 23.1. The largest absolute Gasteiger partial charge is 0.453 e. The van der Waals surface area contributed by atoms with Gasteiger partial charge in [0.05, 0.1) is 11.3 Å². The second kappa shape index (κ2) is 7.39. The van der Waals surface area contributed by atoms with Gasteiger partial charge in [-0.1, -0.05) is 15.9 Å². The van der Waals surface area contributed by atoms with Crippen molar-refractivity contribution in [2.45, 2.75) is 62.3 Å². The van der Waals surface area contributed by atoms with Crippen molar-refractivity contribution in [3.8, 4) is 11.5 Å². The molecule has 0 aliphatic heterocycles. The van der Waals surface area contributed by atoms with Gasteiger partial charge in [0.15, 0.2) is 6.10 Å². The van der Waals surface area contributed by atoms with Crippen molar-refractivity contribution in [2.75, 3.05) is 0 Å². The molecule has 8 nitrogen and oxygen atoms in total. The Morgan fingerprint density at radius 1 is 1.26 bits per heavy atom. The summed E-state index contributed by atoms with van der Waals surface area (Å²) in [6.07, 6.45) is 6.81. The second-order valence-electron chi connectivity index (χ2n) is 9.67. The maximum absolute atomic E-state index is 12.8. The highest BCUT2D eigenvalue weighted by atomic mass is 79.9. The van der Waals surface area contributed by atoms with Gasteiger partial charge in [-0.25, -0.2) is 0 Å². The van der Waals surface area contributed by atoms with Crippen molar-refractivity contribution in [1.82, 2.24) is 10.2 Å². The minimum Gasteiger partial charge on any atom is -0.453 e.